The van der Waals surface area contributed by atoms with Crippen molar-refractivity contribution in [3.8, 4) is 0 Å². The van der Waals surface area contributed by atoms with Crippen LogP contribution >= 0.6 is 0 Å². The number of pyridine rings is 1. The second-order valence-corrected chi connectivity index (χ2v) is 5.80. The van der Waals surface area contributed by atoms with E-state index in [-0.39, 0.29) is 11.5 Å². The molecule has 1 heterocycles. The molecule has 22 heavy (non-hydrogen) atoms. The lowest BCUT2D eigenvalue weighted by Crippen LogP contribution is -2.35. The number of rotatable bonds is 3. The average Bonchev–Trinajstić information content (AvgIpc) is 2.55. The third-order valence-corrected chi connectivity index (χ3v) is 4.22. The summed E-state index contributed by atoms with van der Waals surface area (Å²) in [5.41, 5.74) is 3.23. The van der Waals surface area contributed by atoms with Gasteiger partial charge in [-0.2, -0.15) is 0 Å². The number of hydrogen-bond donors (Lipinski definition) is 1. The molecule has 1 aromatic carbocycles. The normalized spacial score (nSPS) is 13.5. The molecule has 0 radical (unpaired) electrons. The van der Waals surface area contributed by atoms with Gasteiger partial charge in [-0.15, -0.1) is 0 Å². The van der Waals surface area contributed by atoms with Crippen LogP contribution in [0.2, 0.25) is 0 Å². The fraction of sp³-hybridized carbons (Fsp3) is 0.333. The van der Waals surface area contributed by atoms with Gasteiger partial charge in [-0.05, 0) is 42.4 Å². The number of aryl methyl sites for hydroxylation is 2. The first-order valence-electron chi connectivity index (χ1n) is 7.70. The Balaban J connectivity index is 1.89. The van der Waals surface area contributed by atoms with Gasteiger partial charge in [0.25, 0.3) is 11.5 Å². The Kier molecular flexibility index (Phi) is 4.09. The number of nitrogens with one attached hydrogen (secondary N) is 1. The van der Waals surface area contributed by atoms with Crippen LogP contribution in [0.5, 0.6) is 0 Å². The molecule has 2 aromatic rings. The minimum Gasteiger partial charge on any atom is -0.348 e. The number of carbonyl (C=O) groups excluding carboxylic acids is 1. The van der Waals surface area contributed by atoms with Crippen LogP contribution in [0.15, 0.2) is 41.3 Å². The SMILES string of the molecule is Cn1cc2c(c(C(=O)NCc3ccccc3)c1=O)CCCC2. The van der Waals surface area contributed by atoms with Crippen LogP contribution in [0.1, 0.15) is 39.9 Å². The predicted octanol–water partition coefficient (Wildman–Crippen LogP) is 2.19. The van der Waals surface area contributed by atoms with Crippen molar-refractivity contribution in [2.45, 2.75) is 32.2 Å². The summed E-state index contributed by atoms with van der Waals surface area (Å²) in [5.74, 6) is -0.261. The van der Waals surface area contributed by atoms with E-state index < -0.39 is 0 Å². The first-order valence-corrected chi connectivity index (χ1v) is 7.70. The van der Waals surface area contributed by atoms with Crippen molar-refractivity contribution >= 4 is 5.91 Å². The molecule has 0 bridgehead atoms. The smallest absolute Gasteiger partial charge is 0.263 e. The molecule has 1 N–H and O–H groups in total. The van der Waals surface area contributed by atoms with Crippen LogP contribution in [0.3, 0.4) is 0 Å². The van der Waals surface area contributed by atoms with Crippen molar-refractivity contribution in [2.24, 2.45) is 7.05 Å². The monoisotopic (exact) mass is 296 g/mol. The Bertz CT molecular complexity index is 748. The molecule has 1 amide bonds. The summed E-state index contributed by atoms with van der Waals surface area (Å²) in [7, 11) is 1.71. The zero-order chi connectivity index (χ0) is 15.5. The average molecular weight is 296 g/mol. The molecule has 0 spiro atoms. The molecule has 0 saturated heterocycles. The third-order valence-electron chi connectivity index (χ3n) is 4.22. The van der Waals surface area contributed by atoms with Gasteiger partial charge in [-0.25, -0.2) is 0 Å². The van der Waals surface area contributed by atoms with E-state index in [2.05, 4.69) is 5.32 Å². The summed E-state index contributed by atoms with van der Waals surface area (Å²) in [4.78, 5) is 24.9. The molecular formula is C18H20N2O2. The molecule has 1 aliphatic carbocycles. The van der Waals surface area contributed by atoms with Crippen LogP contribution in [-0.4, -0.2) is 10.5 Å². The molecule has 0 fully saturated rings. The standard InChI is InChI=1S/C18H20N2O2/c1-20-12-14-9-5-6-10-15(14)16(18(20)22)17(21)19-11-13-7-3-2-4-8-13/h2-4,7-8,12H,5-6,9-11H2,1H3,(H,19,21). The van der Waals surface area contributed by atoms with E-state index >= 15 is 0 Å². The molecule has 1 aliphatic rings. The van der Waals surface area contributed by atoms with Gasteiger partial charge in [0.2, 0.25) is 0 Å². The van der Waals surface area contributed by atoms with E-state index in [0.29, 0.717) is 12.1 Å². The fourth-order valence-corrected chi connectivity index (χ4v) is 3.06. The molecule has 4 nitrogen and oxygen atoms in total. The maximum atomic E-state index is 12.5. The van der Waals surface area contributed by atoms with E-state index in [0.717, 1.165) is 42.4 Å². The van der Waals surface area contributed by atoms with Gasteiger partial charge in [0.15, 0.2) is 0 Å². The first kappa shape index (κ1) is 14.6. The highest BCUT2D eigenvalue weighted by Gasteiger charge is 2.22. The minimum absolute atomic E-state index is 0.203. The summed E-state index contributed by atoms with van der Waals surface area (Å²) in [5, 5.41) is 2.88. The molecule has 0 atom stereocenters. The fourth-order valence-electron chi connectivity index (χ4n) is 3.06. The lowest BCUT2D eigenvalue weighted by Gasteiger charge is -2.20. The molecule has 114 valence electrons. The Labute approximate surface area is 129 Å². The second-order valence-electron chi connectivity index (χ2n) is 5.80. The van der Waals surface area contributed by atoms with Crippen molar-refractivity contribution < 1.29 is 4.79 Å². The topological polar surface area (TPSA) is 51.1 Å². The maximum absolute atomic E-state index is 12.5. The van der Waals surface area contributed by atoms with E-state index in [9.17, 15) is 9.59 Å². The van der Waals surface area contributed by atoms with E-state index in [1.165, 1.54) is 4.57 Å². The Hall–Kier alpha value is -2.36. The zero-order valence-corrected chi connectivity index (χ0v) is 12.8. The number of amides is 1. The molecule has 0 aliphatic heterocycles. The summed E-state index contributed by atoms with van der Waals surface area (Å²) in [6, 6.07) is 9.72. The van der Waals surface area contributed by atoms with Gasteiger partial charge in [-0.1, -0.05) is 30.3 Å². The number of aromatic nitrogens is 1. The van der Waals surface area contributed by atoms with Crippen LogP contribution in [-0.2, 0) is 26.4 Å². The third kappa shape index (κ3) is 2.82. The molecule has 0 unspecified atom stereocenters. The number of hydrogen-bond acceptors (Lipinski definition) is 2. The molecule has 0 saturated carbocycles. The summed E-state index contributed by atoms with van der Waals surface area (Å²) in [6.07, 6.45) is 5.81. The van der Waals surface area contributed by atoms with Crippen molar-refractivity contribution in [2.75, 3.05) is 0 Å². The zero-order valence-electron chi connectivity index (χ0n) is 12.8. The largest absolute Gasteiger partial charge is 0.348 e. The number of fused-ring (bicyclic) bond motifs is 1. The van der Waals surface area contributed by atoms with Gasteiger partial charge in [0, 0.05) is 19.8 Å². The highest BCUT2D eigenvalue weighted by Crippen LogP contribution is 2.22. The van der Waals surface area contributed by atoms with Crippen molar-refractivity contribution in [1.29, 1.82) is 0 Å². The molecule has 4 heteroatoms. The van der Waals surface area contributed by atoms with Crippen LogP contribution < -0.4 is 10.9 Å². The highest BCUT2D eigenvalue weighted by atomic mass is 16.2. The first-order chi connectivity index (χ1) is 10.7. The van der Waals surface area contributed by atoms with Gasteiger partial charge >= 0.3 is 0 Å². The summed E-state index contributed by atoms with van der Waals surface area (Å²) < 4.78 is 1.53. The minimum atomic E-state index is -0.261. The summed E-state index contributed by atoms with van der Waals surface area (Å²) in [6.45, 7) is 0.437. The second kappa shape index (κ2) is 6.18. The maximum Gasteiger partial charge on any atom is 0.263 e. The van der Waals surface area contributed by atoms with Gasteiger partial charge < -0.3 is 9.88 Å². The lowest BCUT2D eigenvalue weighted by atomic mass is 9.89. The van der Waals surface area contributed by atoms with E-state index in [1.54, 1.807) is 7.05 Å². The van der Waals surface area contributed by atoms with Gasteiger partial charge in [-0.3, -0.25) is 9.59 Å². The predicted molar refractivity (Wildman–Crippen MR) is 85.9 cm³/mol. The van der Waals surface area contributed by atoms with Crippen molar-refractivity contribution in [3.63, 3.8) is 0 Å². The van der Waals surface area contributed by atoms with Crippen molar-refractivity contribution in [3.05, 3.63) is 69.1 Å². The van der Waals surface area contributed by atoms with Crippen LogP contribution in [0.25, 0.3) is 0 Å². The lowest BCUT2D eigenvalue weighted by molar-refractivity contribution is 0.0947. The highest BCUT2D eigenvalue weighted by molar-refractivity contribution is 5.95. The molecule has 3 rings (SSSR count). The number of nitrogens with zero attached hydrogens (tertiary/aromatic N) is 1. The molecular weight excluding hydrogens is 276 g/mol. The van der Waals surface area contributed by atoms with Crippen molar-refractivity contribution in [1.82, 2.24) is 9.88 Å². The summed E-state index contributed by atoms with van der Waals surface area (Å²) >= 11 is 0. The van der Waals surface area contributed by atoms with Gasteiger partial charge in [0.05, 0.1) is 0 Å². The Morgan fingerprint density at radius 3 is 2.68 bits per heavy atom. The van der Waals surface area contributed by atoms with Crippen LogP contribution in [0, 0.1) is 0 Å². The number of benzene rings is 1. The molecule has 1 aromatic heterocycles. The Morgan fingerprint density at radius 2 is 1.91 bits per heavy atom. The van der Waals surface area contributed by atoms with Crippen LogP contribution in [0.4, 0.5) is 0 Å². The Morgan fingerprint density at radius 1 is 1.18 bits per heavy atom. The van der Waals surface area contributed by atoms with E-state index in [1.807, 2.05) is 36.5 Å². The van der Waals surface area contributed by atoms with E-state index in [4.69, 9.17) is 0 Å². The number of carbonyl (C=O) groups is 1. The quantitative estimate of drug-likeness (QED) is 0.944. The van der Waals surface area contributed by atoms with Gasteiger partial charge in [0.1, 0.15) is 5.56 Å².